The number of hydrogen-bond donors (Lipinski definition) is 0. The van der Waals surface area contributed by atoms with Gasteiger partial charge < -0.3 is 0 Å². The topological polar surface area (TPSA) is 0 Å². The molecule has 0 saturated heterocycles. The third-order valence-electron chi connectivity index (χ3n) is 5.36. The second-order valence-corrected chi connectivity index (χ2v) is 10.5. The van der Waals surface area contributed by atoms with Crippen LogP contribution < -0.4 is 0 Å². The normalized spacial score (nSPS) is 11.5. The molecule has 0 rings (SSSR count). The molecule has 0 spiro atoms. The Bertz CT molecular complexity index is 212. The first-order valence-electron chi connectivity index (χ1n) is 12.0. The van der Waals surface area contributed by atoms with Gasteiger partial charge in [-0.05, 0) is 49.4 Å². The molecule has 0 bridgehead atoms. The average Bonchev–Trinajstić information content (AvgIpc) is 2.62. The zero-order chi connectivity index (χ0) is 18.4. The molecule has 25 heavy (non-hydrogen) atoms. The van der Waals surface area contributed by atoms with Gasteiger partial charge in [0.2, 0.25) is 0 Å². The van der Waals surface area contributed by atoms with E-state index in [1.54, 1.807) is 17.3 Å². The van der Waals surface area contributed by atoms with Crippen molar-refractivity contribution in [2.45, 2.75) is 136 Å². The van der Waals surface area contributed by atoms with E-state index in [4.69, 9.17) is 0 Å². The SMILES string of the molecule is CCCCCCCCCC[S+](CCCCCCC)CCCCCCC. The molecule has 0 aliphatic heterocycles. The summed E-state index contributed by atoms with van der Waals surface area (Å²) in [5.74, 6) is 4.65. The third-order valence-corrected chi connectivity index (χ3v) is 7.96. The minimum atomic E-state index is 0.754. The highest BCUT2D eigenvalue weighted by Gasteiger charge is 2.16. The van der Waals surface area contributed by atoms with Crippen molar-refractivity contribution >= 4 is 10.9 Å². The summed E-state index contributed by atoms with van der Waals surface area (Å²) in [5, 5.41) is 0. The molecule has 152 valence electrons. The highest BCUT2D eigenvalue weighted by Crippen LogP contribution is 2.14. The molecule has 0 saturated carbocycles. The standard InChI is InChI=1S/C24H51S/c1-4-7-10-13-14-15-18-21-24-25(22-19-16-11-8-5-2)23-20-17-12-9-6-3/h4-24H2,1-3H3/q+1. The van der Waals surface area contributed by atoms with Crippen molar-refractivity contribution in [3.05, 3.63) is 0 Å². The Kier molecular flexibility index (Phi) is 22.7. The van der Waals surface area contributed by atoms with Gasteiger partial charge >= 0.3 is 0 Å². The smallest absolute Gasteiger partial charge is 0.0654 e. The van der Waals surface area contributed by atoms with E-state index in [1.807, 2.05) is 0 Å². The van der Waals surface area contributed by atoms with E-state index in [9.17, 15) is 0 Å². The Morgan fingerprint density at radius 2 is 0.560 bits per heavy atom. The van der Waals surface area contributed by atoms with Crippen LogP contribution in [-0.2, 0) is 10.9 Å². The maximum absolute atomic E-state index is 2.32. The van der Waals surface area contributed by atoms with Crippen LogP contribution in [0.1, 0.15) is 136 Å². The van der Waals surface area contributed by atoms with Gasteiger partial charge in [-0.15, -0.1) is 0 Å². The molecule has 0 heterocycles. The minimum Gasteiger partial charge on any atom is -0.0654 e. The Morgan fingerprint density at radius 1 is 0.320 bits per heavy atom. The van der Waals surface area contributed by atoms with E-state index in [2.05, 4.69) is 20.8 Å². The summed E-state index contributed by atoms with van der Waals surface area (Å²) in [7, 11) is 0.754. The van der Waals surface area contributed by atoms with E-state index in [1.165, 1.54) is 116 Å². The average molecular weight is 372 g/mol. The Balaban J connectivity index is 3.71. The monoisotopic (exact) mass is 371 g/mol. The zero-order valence-corrected chi connectivity index (χ0v) is 19.1. The van der Waals surface area contributed by atoms with Crippen LogP contribution in [0.4, 0.5) is 0 Å². The molecule has 0 N–H and O–H groups in total. The van der Waals surface area contributed by atoms with Gasteiger partial charge in [0.1, 0.15) is 17.3 Å². The first-order valence-corrected chi connectivity index (χ1v) is 13.7. The molecular formula is C24H51S+. The van der Waals surface area contributed by atoms with Crippen LogP contribution >= 0.6 is 0 Å². The summed E-state index contributed by atoms with van der Waals surface area (Å²) < 4.78 is 0. The Hall–Kier alpha value is 0.350. The molecule has 0 unspecified atom stereocenters. The first kappa shape index (κ1) is 25.4. The lowest BCUT2D eigenvalue weighted by Crippen LogP contribution is -2.17. The molecule has 1 heteroatoms. The molecule has 0 aliphatic rings. The van der Waals surface area contributed by atoms with Crippen LogP contribution in [0.5, 0.6) is 0 Å². The molecule has 0 radical (unpaired) electrons. The van der Waals surface area contributed by atoms with E-state index in [-0.39, 0.29) is 0 Å². The molecule has 0 amide bonds. The van der Waals surface area contributed by atoms with Gasteiger partial charge in [0, 0.05) is 0 Å². The molecule has 0 fully saturated rings. The quantitative estimate of drug-likeness (QED) is 0.140. The van der Waals surface area contributed by atoms with E-state index < -0.39 is 0 Å². The van der Waals surface area contributed by atoms with Crippen molar-refractivity contribution in [2.75, 3.05) is 17.3 Å². The van der Waals surface area contributed by atoms with Crippen LogP contribution in [-0.4, -0.2) is 17.3 Å². The fraction of sp³-hybridized carbons (Fsp3) is 1.00. The largest absolute Gasteiger partial charge is 0.108 e. The lowest BCUT2D eigenvalue weighted by molar-refractivity contribution is 0.586. The van der Waals surface area contributed by atoms with Crippen molar-refractivity contribution in [3.63, 3.8) is 0 Å². The van der Waals surface area contributed by atoms with Crippen molar-refractivity contribution in [1.82, 2.24) is 0 Å². The summed E-state index contributed by atoms with van der Waals surface area (Å²) in [6.07, 6.45) is 26.4. The summed E-state index contributed by atoms with van der Waals surface area (Å²) >= 11 is 0. The Morgan fingerprint density at radius 3 is 0.840 bits per heavy atom. The van der Waals surface area contributed by atoms with E-state index in [0.717, 1.165) is 10.9 Å². The van der Waals surface area contributed by atoms with Gasteiger partial charge in [0.25, 0.3) is 0 Å². The van der Waals surface area contributed by atoms with Crippen molar-refractivity contribution in [3.8, 4) is 0 Å². The predicted molar refractivity (Wildman–Crippen MR) is 122 cm³/mol. The Labute approximate surface area is 164 Å². The maximum atomic E-state index is 2.32. The van der Waals surface area contributed by atoms with Gasteiger partial charge in [-0.3, -0.25) is 0 Å². The molecule has 0 atom stereocenters. The highest BCUT2D eigenvalue weighted by molar-refractivity contribution is 7.96. The minimum absolute atomic E-state index is 0.754. The van der Waals surface area contributed by atoms with Crippen LogP contribution in [0.2, 0.25) is 0 Å². The second-order valence-electron chi connectivity index (χ2n) is 8.03. The van der Waals surface area contributed by atoms with Gasteiger partial charge in [0.05, 0.1) is 0 Å². The van der Waals surface area contributed by atoms with Crippen molar-refractivity contribution in [2.24, 2.45) is 0 Å². The van der Waals surface area contributed by atoms with Crippen molar-refractivity contribution in [1.29, 1.82) is 0 Å². The van der Waals surface area contributed by atoms with Gasteiger partial charge in [-0.1, -0.05) is 97.8 Å². The summed E-state index contributed by atoms with van der Waals surface area (Å²) in [6.45, 7) is 6.96. The second kappa shape index (κ2) is 22.4. The lowest BCUT2D eigenvalue weighted by atomic mass is 10.1. The summed E-state index contributed by atoms with van der Waals surface area (Å²) in [4.78, 5) is 0. The number of hydrogen-bond acceptors (Lipinski definition) is 0. The highest BCUT2D eigenvalue weighted by atomic mass is 32.2. The molecule has 0 aromatic carbocycles. The van der Waals surface area contributed by atoms with Gasteiger partial charge in [-0.25, -0.2) is 0 Å². The fourth-order valence-electron chi connectivity index (χ4n) is 3.57. The maximum Gasteiger partial charge on any atom is 0.108 e. The van der Waals surface area contributed by atoms with Crippen LogP contribution in [0, 0.1) is 0 Å². The van der Waals surface area contributed by atoms with E-state index in [0.29, 0.717) is 0 Å². The van der Waals surface area contributed by atoms with Gasteiger partial charge in [-0.2, -0.15) is 0 Å². The molecular weight excluding hydrogens is 320 g/mol. The molecule has 0 nitrogen and oxygen atoms in total. The van der Waals surface area contributed by atoms with Crippen LogP contribution in [0.3, 0.4) is 0 Å². The lowest BCUT2D eigenvalue weighted by Gasteiger charge is -2.10. The van der Waals surface area contributed by atoms with Crippen molar-refractivity contribution < 1.29 is 0 Å². The summed E-state index contributed by atoms with van der Waals surface area (Å²) in [6, 6.07) is 0. The zero-order valence-electron chi connectivity index (χ0n) is 18.3. The van der Waals surface area contributed by atoms with E-state index >= 15 is 0 Å². The molecule has 0 aromatic rings. The first-order chi connectivity index (χ1) is 12.3. The fourth-order valence-corrected chi connectivity index (χ4v) is 6.02. The molecule has 0 aromatic heterocycles. The number of rotatable bonds is 21. The summed E-state index contributed by atoms with van der Waals surface area (Å²) in [5.41, 5.74) is 0. The number of unbranched alkanes of at least 4 members (excludes halogenated alkanes) is 15. The van der Waals surface area contributed by atoms with Crippen LogP contribution in [0.25, 0.3) is 0 Å². The third kappa shape index (κ3) is 20.5. The predicted octanol–water partition coefficient (Wildman–Crippen LogP) is 8.69. The molecule has 0 aliphatic carbocycles. The van der Waals surface area contributed by atoms with Crippen LogP contribution in [0.15, 0.2) is 0 Å². The van der Waals surface area contributed by atoms with Gasteiger partial charge in [0.15, 0.2) is 0 Å².